The first-order valence-electron chi connectivity index (χ1n) is 7.34. The summed E-state index contributed by atoms with van der Waals surface area (Å²) < 4.78 is 1.01. The quantitative estimate of drug-likeness (QED) is 0.729. The summed E-state index contributed by atoms with van der Waals surface area (Å²) in [4.78, 5) is 14.5. The Morgan fingerprint density at radius 2 is 1.85 bits per heavy atom. The van der Waals surface area contributed by atoms with Crippen LogP contribution in [-0.2, 0) is 0 Å². The van der Waals surface area contributed by atoms with Crippen molar-refractivity contribution in [2.45, 2.75) is 40.5 Å². The summed E-state index contributed by atoms with van der Waals surface area (Å²) in [5.74, 6) is 0.884. The van der Waals surface area contributed by atoms with Crippen LogP contribution in [0.3, 0.4) is 0 Å². The topological polar surface area (TPSA) is 20.3 Å². The maximum absolute atomic E-state index is 12.5. The van der Waals surface area contributed by atoms with E-state index in [0.29, 0.717) is 5.41 Å². The minimum absolute atomic E-state index is 0.165. The number of carbonyl (C=O) groups excluding carboxylic acids is 1. The highest BCUT2D eigenvalue weighted by Gasteiger charge is 2.30. The van der Waals surface area contributed by atoms with Crippen molar-refractivity contribution in [3.05, 3.63) is 33.8 Å². The van der Waals surface area contributed by atoms with Gasteiger partial charge in [-0.1, -0.05) is 42.8 Å². The maximum Gasteiger partial charge on any atom is 0.253 e. The van der Waals surface area contributed by atoms with Crippen LogP contribution in [0, 0.1) is 18.3 Å². The summed E-state index contributed by atoms with van der Waals surface area (Å²) in [7, 11) is 0. The van der Waals surface area contributed by atoms with Gasteiger partial charge in [0, 0.05) is 23.1 Å². The first-order valence-corrected chi connectivity index (χ1v) is 8.14. The SMILES string of the molecule is Cc1ccc(C(=O)N2CCC(C(C)(C)C)CC2)cc1Br. The van der Waals surface area contributed by atoms with Crippen LogP contribution in [0.4, 0.5) is 0 Å². The molecule has 0 N–H and O–H groups in total. The normalized spacial score (nSPS) is 17.4. The molecule has 1 aliphatic heterocycles. The van der Waals surface area contributed by atoms with Crippen LogP contribution in [-0.4, -0.2) is 23.9 Å². The number of hydrogen-bond acceptors (Lipinski definition) is 1. The number of hydrogen-bond donors (Lipinski definition) is 0. The van der Waals surface area contributed by atoms with Crippen molar-refractivity contribution < 1.29 is 4.79 Å². The predicted molar refractivity (Wildman–Crippen MR) is 87.0 cm³/mol. The van der Waals surface area contributed by atoms with Gasteiger partial charge in [-0.25, -0.2) is 0 Å². The molecule has 1 aliphatic rings. The van der Waals surface area contributed by atoms with Gasteiger partial charge in [-0.05, 0) is 48.8 Å². The number of nitrogens with zero attached hydrogens (tertiary/aromatic N) is 1. The molecule has 0 spiro atoms. The first-order chi connectivity index (χ1) is 9.29. The molecule has 0 radical (unpaired) electrons. The van der Waals surface area contributed by atoms with Crippen LogP contribution >= 0.6 is 15.9 Å². The Labute approximate surface area is 130 Å². The van der Waals surface area contributed by atoms with Crippen molar-refractivity contribution in [1.82, 2.24) is 4.90 Å². The Balaban J connectivity index is 2.03. The Kier molecular flexibility index (Phi) is 4.58. The van der Waals surface area contributed by atoms with Gasteiger partial charge >= 0.3 is 0 Å². The monoisotopic (exact) mass is 337 g/mol. The lowest BCUT2D eigenvalue weighted by atomic mass is 9.75. The van der Waals surface area contributed by atoms with Crippen molar-refractivity contribution in [3.8, 4) is 0 Å². The van der Waals surface area contributed by atoms with E-state index in [1.807, 2.05) is 30.0 Å². The van der Waals surface area contributed by atoms with E-state index in [1.54, 1.807) is 0 Å². The maximum atomic E-state index is 12.5. The summed E-state index contributed by atoms with van der Waals surface area (Å²) in [6.07, 6.45) is 2.23. The van der Waals surface area contributed by atoms with Gasteiger partial charge in [0.05, 0.1) is 0 Å². The second-order valence-electron chi connectivity index (χ2n) is 6.90. The minimum Gasteiger partial charge on any atom is -0.339 e. The van der Waals surface area contributed by atoms with Crippen molar-refractivity contribution in [1.29, 1.82) is 0 Å². The summed E-state index contributed by atoms with van der Waals surface area (Å²) in [6, 6.07) is 5.87. The highest BCUT2D eigenvalue weighted by atomic mass is 79.9. The van der Waals surface area contributed by atoms with E-state index < -0.39 is 0 Å². The zero-order valence-corrected chi connectivity index (χ0v) is 14.5. The standard InChI is InChI=1S/C17H24BrNO/c1-12-5-6-13(11-15(12)18)16(20)19-9-7-14(8-10-19)17(2,3)4/h5-6,11,14H,7-10H2,1-4H3. The Morgan fingerprint density at radius 3 is 2.35 bits per heavy atom. The van der Waals surface area contributed by atoms with Gasteiger partial charge in [-0.2, -0.15) is 0 Å². The zero-order valence-electron chi connectivity index (χ0n) is 12.9. The second kappa shape index (κ2) is 5.88. The molecule has 2 nitrogen and oxygen atoms in total. The van der Waals surface area contributed by atoms with E-state index in [-0.39, 0.29) is 5.91 Å². The fourth-order valence-corrected chi connectivity index (χ4v) is 3.24. The summed E-state index contributed by atoms with van der Waals surface area (Å²) in [6.45, 7) is 10.7. The van der Waals surface area contributed by atoms with E-state index >= 15 is 0 Å². The van der Waals surface area contributed by atoms with Crippen LogP contribution in [0.25, 0.3) is 0 Å². The molecule has 0 saturated carbocycles. The lowest BCUT2D eigenvalue weighted by Gasteiger charge is -2.38. The molecule has 110 valence electrons. The number of piperidine rings is 1. The number of amides is 1. The highest BCUT2D eigenvalue weighted by molar-refractivity contribution is 9.10. The number of rotatable bonds is 1. The lowest BCUT2D eigenvalue weighted by Crippen LogP contribution is -2.41. The van der Waals surface area contributed by atoms with E-state index in [4.69, 9.17) is 0 Å². The van der Waals surface area contributed by atoms with E-state index in [2.05, 4.69) is 36.7 Å². The predicted octanol–water partition coefficient (Wildman–Crippen LogP) is 4.66. The van der Waals surface area contributed by atoms with E-state index in [0.717, 1.165) is 47.4 Å². The fourth-order valence-electron chi connectivity index (χ4n) is 2.86. The highest BCUT2D eigenvalue weighted by Crippen LogP contribution is 2.34. The molecule has 3 heteroatoms. The molecule has 0 atom stereocenters. The number of likely N-dealkylation sites (tertiary alicyclic amines) is 1. The number of carbonyl (C=O) groups is 1. The van der Waals surface area contributed by atoms with Crippen LogP contribution in [0.15, 0.2) is 22.7 Å². The molecular weight excluding hydrogens is 314 g/mol. The summed E-state index contributed by atoms with van der Waals surface area (Å²) in [5, 5.41) is 0. The fraction of sp³-hybridized carbons (Fsp3) is 0.588. The molecule has 0 bridgehead atoms. The van der Waals surface area contributed by atoms with E-state index in [1.165, 1.54) is 0 Å². The Morgan fingerprint density at radius 1 is 1.25 bits per heavy atom. The molecule has 1 saturated heterocycles. The number of halogens is 1. The average Bonchev–Trinajstić information content (AvgIpc) is 2.40. The van der Waals surface area contributed by atoms with Gasteiger partial charge in [0.15, 0.2) is 0 Å². The molecule has 2 rings (SSSR count). The van der Waals surface area contributed by atoms with Crippen molar-refractivity contribution in [3.63, 3.8) is 0 Å². The third kappa shape index (κ3) is 3.43. The van der Waals surface area contributed by atoms with Crippen LogP contribution in [0.2, 0.25) is 0 Å². The van der Waals surface area contributed by atoms with Gasteiger partial charge in [-0.3, -0.25) is 4.79 Å². The largest absolute Gasteiger partial charge is 0.339 e. The minimum atomic E-state index is 0.165. The molecule has 1 fully saturated rings. The van der Waals surface area contributed by atoms with Crippen LogP contribution < -0.4 is 0 Å². The van der Waals surface area contributed by atoms with Gasteiger partial charge in [0.2, 0.25) is 0 Å². The second-order valence-corrected chi connectivity index (χ2v) is 7.75. The Hall–Kier alpha value is -0.830. The van der Waals surface area contributed by atoms with Crippen LogP contribution in [0.5, 0.6) is 0 Å². The van der Waals surface area contributed by atoms with Crippen molar-refractivity contribution in [2.24, 2.45) is 11.3 Å². The van der Waals surface area contributed by atoms with Crippen molar-refractivity contribution >= 4 is 21.8 Å². The first kappa shape index (κ1) is 15.6. The summed E-state index contributed by atoms with van der Waals surface area (Å²) in [5.41, 5.74) is 2.30. The lowest BCUT2D eigenvalue weighted by molar-refractivity contribution is 0.0608. The molecule has 20 heavy (non-hydrogen) atoms. The molecular formula is C17H24BrNO. The third-order valence-electron chi connectivity index (χ3n) is 4.43. The van der Waals surface area contributed by atoms with E-state index in [9.17, 15) is 4.79 Å². The zero-order chi connectivity index (χ0) is 14.9. The molecule has 0 unspecified atom stereocenters. The molecule has 1 heterocycles. The summed E-state index contributed by atoms with van der Waals surface area (Å²) >= 11 is 3.50. The van der Waals surface area contributed by atoms with Gasteiger partial charge in [0.25, 0.3) is 5.91 Å². The smallest absolute Gasteiger partial charge is 0.253 e. The molecule has 1 amide bonds. The average molecular weight is 338 g/mol. The van der Waals surface area contributed by atoms with Crippen molar-refractivity contribution in [2.75, 3.05) is 13.1 Å². The van der Waals surface area contributed by atoms with Gasteiger partial charge < -0.3 is 4.90 Å². The van der Waals surface area contributed by atoms with Gasteiger partial charge in [-0.15, -0.1) is 0 Å². The molecule has 1 aromatic rings. The molecule has 0 aromatic heterocycles. The Bertz CT molecular complexity index is 496. The number of aryl methyl sites for hydroxylation is 1. The molecule has 0 aliphatic carbocycles. The number of benzene rings is 1. The molecule has 1 aromatic carbocycles. The third-order valence-corrected chi connectivity index (χ3v) is 5.28. The van der Waals surface area contributed by atoms with Crippen LogP contribution in [0.1, 0.15) is 49.5 Å². The van der Waals surface area contributed by atoms with Gasteiger partial charge in [0.1, 0.15) is 0 Å².